The fourth-order valence-corrected chi connectivity index (χ4v) is 1.76. The zero-order valence-corrected chi connectivity index (χ0v) is 9.47. The molecule has 0 aliphatic carbocycles. The summed E-state index contributed by atoms with van der Waals surface area (Å²) in [4.78, 5) is 34.1. The van der Waals surface area contributed by atoms with Gasteiger partial charge in [0.2, 0.25) is 0 Å². The lowest BCUT2D eigenvalue weighted by Gasteiger charge is -2.10. The lowest BCUT2D eigenvalue weighted by Crippen LogP contribution is -2.08. The van der Waals surface area contributed by atoms with Crippen LogP contribution in [0.3, 0.4) is 0 Å². The van der Waals surface area contributed by atoms with Gasteiger partial charge < -0.3 is 19.3 Å². The maximum absolute atomic E-state index is 11.5. The number of methoxy groups -OCH3 is 2. The summed E-state index contributed by atoms with van der Waals surface area (Å²) >= 11 is 0. The van der Waals surface area contributed by atoms with Crippen molar-refractivity contribution in [2.45, 2.75) is 0 Å². The van der Waals surface area contributed by atoms with Crippen LogP contribution in [0.2, 0.25) is 0 Å². The summed E-state index contributed by atoms with van der Waals surface area (Å²) in [5.41, 5.74) is -0.622. The van der Waals surface area contributed by atoms with E-state index in [2.05, 4.69) is 4.74 Å². The zero-order valence-electron chi connectivity index (χ0n) is 9.47. The fourth-order valence-electron chi connectivity index (χ4n) is 1.76. The Hall–Kier alpha value is -2.57. The second-order valence-electron chi connectivity index (χ2n) is 3.39. The molecule has 1 aromatic carbocycles. The third kappa shape index (κ3) is 1.48. The number of hydrogen-bond donors (Lipinski definition) is 1. The molecule has 0 radical (unpaired) electrons. The van der Waals surface area contributed by atoms with Gasteiger partial charge in [-0.25, -0.2) is 14.4 Å². The Kier molecular flexibility index (Phi) is 2.66. The number of hydrogen-bond acceptors (Lipinski definition) is 6. The van der Waals surface area contributed by atoms with Gasteiger partial charge in [0.1, 0.15) is 28.2 Å². The number of carboxylic acids is 1. The van der Waals surface area contributed by atoms with Crippen molar-refractivity contribution in [3.8, 4) is 11.5 Å². The van der Waals surface area contributed by atoms with Gasteiger partial charge >= 0.3 is 17.9 Å². The van der Waals surface area contributed by atoms with Crippen molar-refractivity contribution in [2.24, 2.45) is 0 Å². The molecule has 0 atom stereocenters. The zero-order chi connectivity index (χ0) is 13.4. The van der Waals surface area contributed by atoms with Gasteiger partial charge in [-0.15, -0.1) is 0 Å². The van der Waals surface area contributed by atoms with Gasteiger partial charge in [-0.05, 0) is 6.07 Å². The minimum absolute atomic E-state index is 0.0425. The Morgan fingerprint density at radius 2 is 1.78 bits per heavy atom. The highest BCUT2D eigenvalue weighted by molar-refractivity contribution is 6.19. The van der Waals surface area contributed by atoms with E-state index in [0.717, 1.165) is 6.07 Å². The lowest BCUT2D eigenvalue weighted by atomic mass is 10.0. The van der Waals surface area contributed by atoms with Gasteiger partial charge in [0.25, 0.3) is 0 Å². The van der Waals surface area contributed by atoms with E-state index >= 15 is 0 Å². The maximum Gasteiger partial charge on any atom is 0.350 e. The Morgan fingerprint density at radius 1 is 1.17 bits per heavy atom. The minimum Gasteiger partial charge on any atom is -0.496 e. The molecular formula is C11H8O7. The molecule has 1 aromatic rings. The van der Waals surface area contributed by atoms with E-state index in [1.165, 1.54) is 14.2 Å². The molecular weight excluding hydrogens is 244 g/mol. The second-order valence-corrected chi connectivity index (χ2v) is 3.39. The molecule has 1 N–H and O–H groups in total. The van der Waals surface area contributed by atoms with Gasteiger partial charge in [-0.3, -0.25) is 0 Å². The first-order valence-electron chi connectivity index (χ1n) is 4.80. The molecule has 0 spiro atoms. The number of cyclic esters (lactones) is 2. The van der Waals surface area contributed by atoms with E-state index in [-0.39, 0.29) is 28.2 Å². The Balaban J connectivity index is 2.86. The molecule has 0 bridgehead atoms. The second kappa shape index (κ2) is 4.02. The minimum atomic E-state index is -1.31. The van der Waals surface area contributed by atoms with Gasteiger partial charge in [0.05, 0.1) is 14.2 Å². The highest BCUT2D eigenvalue weighted by Crippen LogP contribution is 2.38. The first kappa shape index (κ1) is 11.9. The molecule has 7 nitrogen and oxygen atoms in total. The smallest absolute Gasteiger partial charge is 0.350 e. The fraction of sp³-hybridized carbons (Fsp3) is 0.182. The lowest BCUT2D eigenvalue weighted by molar-refractivity contribution is 0.0441. The van der Waals surface area contributed by atoms with Crippen molar-refractivity contribution in [3.63, 3.8) is 0 Å². The topological polar surface area (TPSA) is 99.1 Å². The highest BCUT2D eigenvalue weighted by Gasteiger charge is 2.39. The molecule has 0 saturated carbocycles. The SMILES string of the molecule is COc1cc(C(=O)O)c(OC)c2c1C(=O)OC2=O. The summed E-state index contributed by atoms with van der Waals surface area (Å²) in [7, 11) is 2.45. The van der Waals surface area contributed by atoms with E-state index in [1.54, 1.807) is 0 Å². The van der Waals surface area contributed by atoms with Crippen LogP contribution in [0.1, 0.15) is 31.1 Å². The number of rotatable bonds is 3. The Labute approximate surface area is 101 Å². The monoisotopic (exact) mass is 252 g/mol. The van der Waals surface area contributed by atoms with E-state index in [4.69, 9.17) is 14.6 Å². The van der Waals surface area contributed by atoms with Crippen molar-refractivity contribution in [2.75, 3.05) is 14.2 Å². The number of esters is 2. The van der Waals surface area contributed by atoms with Crippen molar-refractivity contribution >= 4 is 17.9 Å². The molecule has 1 aliphatic heterocycles. The van der Waals surface area contributed by atoms with Gasteiger partial charge in [0.15, 0.2) is 0 Å². The van der Waals surface area contributed by atoms with Crippen LogP contribution < -0.4 is 9.47 Å². The highest BCUT2D eigenvalue weighted by atomic mass is 16.6. The predicted octanol–water partition coefficient (Wildman–Crippen LogP) is 0.713. The standard InChI is InChI=1S/C11H8O7/c1-16-5-3-4(9(12)13)8(17-2)7-6(5)10(14)18-11(7)15/h3H,1-2H3,(H,12,13). The molecule has 0 saturated heterocycles. The molecule has 94 valence electrons. The third-order valence-corrected chi connectivity index (χ3v) is 2.49. The molecule has 7 heteroatoms. The van der Waals surface area contributed by atoms with Crippen LogP contribution in [0.15, 0.2) is 6.07 Å². The van der Waals surface area contributed by atoms with Crippen LogP contribution >= 0.6 is 0 Å². The first-order valence-corrected chi connectivity index (χ1v) is 4.80. The van der Waals surface area contributed by atoms with Crippen LogP contribution in [-0.2, 0) is 4.74 Å². The predicted molar refractivity (Wildman–Crippen MR) is 56.3 cm³/mol. The number of ether oxygens (including phenoxy) is 3. The van der Waals surface area contributed by atoms with E-state index < -0.39 is 17.9 Å². The number of fused-ring (bicyclic) bond motifs is 1. The van der Waals surface area contributed by atoms with Crippen LogP contribution in [0.4, 0.5) is 0 Å². The Bertz CT molecular complexity index is 573. The van der Waals surface area contributed by atoms with Crippen molar-refractivity contribution in [1.82, 2.24) is 0 Å². The first-order chi connectivity index (χ1) is 8.51. The maximum atomic E-state index is 11.5. The number of aromatic carboxylic acids is 1. The van der Waals surface area contributed by atoms with Gasteiger partial charge in [-0.1, -0.05) is 0 Å². The van der Waals surface area contributed by atoms with Gasteiger partial charge in [0, 0.05) is 0 Å². The van der Waals surface area contributed by atoms with E-state index in [9.17, 15) is 14.4 Å². The van der Waals surface area contributed by atoms with Crippen LogP contribution in [0, 0.1) is 0 Å². The molecule has 0 unspecified atom stereocenters. The molecule has 0 fully saturated rings. The number of carbonyl (C=O) groups is 3. The summed E-state index contributed by atoms with van der Waals surface area (Å²) in [5.74, 6) is -3.40. The van der Waals surface area contributed by atoms with Crippen LogP contribution in [-0.4, -0.2) is 37.2 Å². The molecule has 0 amide bonds. The summed E-state index contributed by atoms with van der Waals surface area (Å²) in [6.07, 6.45) is 0. The normalized spacial score (nSPS) is 13.0. The average molecular weight is 252 g/mol. The van der Waals surface area contributed by atoms with Crippen molar-refractivity contribution in [1.29, 1.82) is 0 Å². The van der Waals surface area contributed by atoms with Crippen molar-refractivity contribution < 1.29 is 33.7 Å². The summed E-state index contributed by atoms with van der Waals surface area (Å²) in [5, 5.41) is 9.03. The largest absolute Gasteiger partial charge is 0.496 e. The summed E-state index contributed by atoms with van der Waals surface area (Å²) in [6, 6.07) is 1.11. The van der Waals surface area contributed by atoms with Gasteiger partial charge in [-0.2, -0.15) is 0 Å². The van der Waals surface area contributed by atoms with Crippen LogP contribution in [0.5, 0.6) is 11.5 Å². The molecule has 0 aromatic heterocycles. The summed E-state index contributed by atoms with van der Waals surface area (Å²) in [6.45, 7) is 0. The third-order valence-electron chi connectivity index (χ3n) is 2.49. The van der Waals surface area contributed by atoms with Crippen molar-refractivity contribution in [3.05, 3.63) is 22.8 Å². The molecule has 18 heavy (non-hydrogen) atoms. The summed E-state index contributed by atoms with van der Waals surface area (Å²) < 4.78 is 14.2. The van der Waals surface area contributed by atoms with E-state index in [0.29, 0.717) is 0 Å². The number of carbonyl (C=O) groups excluding carboxylic acids is 2. The van der Waals surface area contributed by atoms with E-state index in [1.807, 2.05) is 0 Å². The quantitative estimate of drug-likeness (QED) is 0.624. The average Bonchev–Trinajstić information content (AvgIpc) is 2.63. The molecule has 1 heterocycles. The van der Waals surface area contributed by atoms with Crippen LogP contribution in [0.25, 0.3) is 0 Å². The number of benzene rings is 1. The molecule has 2 rings (SSSR count). The number of carboxylic acid groups (broad SMARTS) is 1. The molecule has 1 aliphatic rings. The Morgan fingerprint density at radius 3 is 2.28 bits per heavy atom.